The van der Waals surface area contributed by atoms with Crippen LogP contribution in [0.1, 0.15) is 6.92 Å². The zero-order valence-corrected chi connectivity index (χ0v) is 7.29. The van der Waals surface area contributed by atoms with Crippen LogP contribution in [0.4, 0.5) is 8.78 Å². The average Bonchev–Trinajstić information content (AvgIpc) is 1.82. The second kappa shape index (κ2) is 4.79. The third kappa shape index (κ3) is 4.88. The molecule has 0 fully saturated rings. The summed E-state index contributed by atoms with van der Waals surface area (Å²) in [5.41, 5.74) is 0. The van der Waals surface area contributed by atoms with Gasteiger partial charge in [0.25, 0.3) is 6.43 Å². The molecule has 0 radical (unpaired) electrons. The van der Waals surface area contributed by atoms with E-state index in [1.54, 1.807) is 0 Å². The second-order valence-electron chi connectivity index (χ2n) is 2.02. The Balaban J connectivity index is 3.39. The van der Waals surface area contributed by atoms with Gasteiger partial charge < -0.3 is 5.32 Å². The van der Waals surface area contributed by atoms with Crippen molar-refractivity contribution in [2.24, 2.45) is 0 Å². The summed E-state index contributed by atoms with van der Waals surface area (Å²) in [5.74, 6) is 0. The molecule has 0 saturated carbocycles. The van der Waals surface area contributed by atoms with E-state index in [1.807, 2.05) is 0 Å². The van der Waals surface area contributed by atoms with Crippen LogP contribution >= 0.6 is 15.9 Å². The molecule has 0 rings (SSSR count). The maximum atomic E-state index is 11.8. The number of rotatable bonds is 4. The molecule has 0 saturated heterocycles. The number of hydrogen-bond acceptors (Lipinski definition) is 1. The average molecular weight is 214 g/mol. The summed E-state index contributed by atoms with van der Waals surface area (Å²) >= 11 is 3.05. The van der Waals surface area contributed by atoms with Crippen LogP contribution in [0.25, 0.3) is 0 Å². The maximum absolute atomic E-state index is 11.8. The van der Waals surface area contributed by atoms with Crippen molar-refractivity contribution in [2.75, 3.05) is 6.54 Å². The molecule has 0 aliphatic rings. The van der Waals surface area contributed by atoms with Gasteiger partial charge in [-0.2, -0.15) is 0 Å². The SMILES string of the molecule is C=C(Br)CNC(C)C(F)F. The van der Waals surface area contributed by atoms with Gasteiger partial charge in [0.2, 0.25) is 0 Å². The minimum atomic E-state index is -2.31. The third-order valence-electron chi connectivity index (χ3n) is 0.994. The molecule has 0 amide bonds. The predicted octanol–water partition coefficient (Wildman–Crippen LogP) is 2.14. The van der Waals surface area contributed by atoms with Gasteiger partial charge in [-0.3, -0.25) is 0 Å². The highest BCUT2D eigenvalue weighted by atomic mass is 79.9. The van der Waals surface area contributed by atoms with E-state index in [0.29, 0.717) is 11.0 Å². The van der Waals surface area contributed by atoms with E-state index in [9.17, 15) is 8.78 Å². The molecule has 0 heterocycles. The molecule has 1 N–H and O–H groups in total. The van der Waals surface area contributed by atoms with Crippen molar-refractivity contribution in [1.29, 1.82) is 0 Å². The van der Waals surface area contributed by atoms with E-state index in [4.69, 9.17) is 0 Å². The normalized spacial score (nSPS) is 13.7. The Morgan fingerprint density at radius 2 is 2.20 bits per heavy atom. The summed E-state index contributed by atoms with van der Waals surface area (Å²) in [5, 5.41) is 2.59. The third-order valence-corrected chi connectivity index (χ3v) is 1.27. The van der Waals surface area contributed by atoms with Crippen LogP contribution in [0, 0.1) is 0 Å². The number of hydrogen-bond donors (Lipinski definition) is 1. The van der Waals surface area contributed by atoms with Crippen LogP contribution in [-0.2, 0) is 0 Å². The molecule has 1 nitrogen and oxygen atoms in total. The number of halogens is 3. The van der Waals surface area contributed by atoms with Gasteiger partial charge in [0.15, 0.2) is 0 Å². The Labute approximate surface area is 67.6 Å². The smallest absolute Gasteiger partial charge is 0.253 e. The van der Waals surface area contributed by atoms with Crippen molar-refractivity contribution in [1.82, 2.24) is 5.32 Å². The van der Waals surface area contributed by atoms with Crippen molar-refractivity contribution in [3.05, 3.63) is 11.1 Å². The summed E-state index contributed by atoms with van der Waals surface area (Å²) in [6.07, 6.45) is -2.31. The fourth-order valence-corrected chi connectivity index (χ4v) is 0.523. The summed E-state index contributed by atoms with van der Waals surface area (Å²) in [6, 6.07) is -0.769. The minimum absolute atomic E-state index is 0.380. The van der Waals surface area contributed by atoms with E-state index in [-0.39, 0.29) is 0 Å². The van der Waals surface area contributed by atoms with Crippen LogP contribution in [0.5, 0.6) is 0 Å². The molecule has 0 aromatic heterocycles. The molecular formula is C6H10BrF2N. The van der Waals surface area contributed by atoms with E-state index in [0.717, 1.165) is 0 Å². The maximum Gasteiger partial charge on any atom is 0.253 e. The lowest BCUT2D eigenvalue weighted by molar-refractivity contribution is 0.108. The van der Waals surface area contributed by atoms with Gasteiger partial charge in [0, 0.05) is 11.0 Å². The molecular weight excluding hydrogens is 204 g/mol. The first kappa shape index (κ1) is 10.0. The monoisotopic (exact) mass is 213 g/mol. The van der Waals surface area contributed by atoms with Gasteiger partial charge in [-0.25, -0.2) is 8.78 Å². The van der Waals surface area contributed by atoms with E-state index >= 15 is 0 Å². The quantitative estimate of drug-likeness (QED) is 0.755. The standard InChI is InChI=1S/C6H10BrF2N/c1-4(7)3-10-5(2)6(8)9/h5-6,10H,1,3H2,2H3. The first-order chi connectivity index (χ1) is 4.54. The Bertz CT molecular complexity index is 116. The molecule has 0 aromatic carbocycles. The first-order valence-electron chi connectivity index (χ1n) is 2.89. The van der Waals surface area contributed by atoms with E-state index in [2.05, 4.69) is 27.8 Å². The highest BCUT2D eigenvalue weighted by molar-refractivity contribution is 9.11. The summed E-state index contributed by atoms with van der Waals surface area (Å²) in [6.45, 7) is 5.31. The molecule has 10 heavy (non-hydrogen) atoms. The molecule has 0 aliphatic carbocycles. The van der Waals surface area contributed by atoms with Gasteiger partial charge in [0.05, 0.1) is 6.04 Å². The van der Waals surface area contributed by atoms with Gasteiger partial charge in [-0.05, 0) is 6.92 Å². The zero-order valence-electron chi connectivity index (χ0n) is 5.70. The Hall–Kier alpha value is 0.0400. The molecule has 4 heteroatoms. The lowest BCUT2D eigenvalue weighted by Crippen LogP contribution is -2.33. The summed E-state index contributed by atoms with van der Waals surface area (Å²) < 4.78 is 24.2. The van der Waals surface area contributed by atoms with Crippen molar-refractivity contribution in [3.8, 4) is 0 Å². The van der Waals surface area contributed by atoms with E-state index < -0.39 is 12.5 Å². The minimum Gasteiger partial charge on any atom is -0.304 e. The highest BCUT2D eigenvalue weighted by Gasteiger charge is 2.12. The van der Waals surface area contributed by atoms with Gasteiger partial charge in [-0.15, -0.1) is 0 Å². The lowest BCUT2D eigenvalue weighted by atomic mass is 10.3. The van der Waals surface area contributed by atoms with Crippen molar-refractivity contribution >= 4 is 15.9 Å². The molecule has 1 unspecified atom stereocenters. The number of alkyl halides is 2. The second-order valence-corrected chi connectivity index (χ2v) is 3.14. The van der Waals surface area contributed by atoms with Crippen molar-refractivity contribution in [3.63, 3.8) is 0 Å². The van der Waals surface area contributed by atoms with Crippen LogP contribution < -0.4 is 5.32 Å². The Morgan fingerprint density at radius 3 is 2.50 bits per heavy atom. The number of nitrogens with one attached hydrogen (secondary N) is 1. The van der Waals surface area contributed by atoms with E-state index in [1.165, 1.54) is 6.92 Å². The largest absolute Gasteiger partial charge is 0.304 e. The van der Waals surface area contributed by atoms with Gasteiger partial charge >= 0.3 is 0 Å². The Morgan fingerprint density at radius 1 is 1.70 bits per heavy atom. The lowest BCUT2D eigenvalue weighted by Gasteiger charge is -2.10. The van der Waals surface area contributed by atoms with Crippen LogP contribution in [0.2, 0.25) is 0 Å². The molecule has 0 aliphatic heterocycles. The zero-order chi connectivity index (χ0) is 8.15. The van der Waals surface area contributed by atoms with Gasteiger partial charge in [-0.1, -0.05) is 22.5 Å². The summed E-state index contributed by atoms with van der Waals surface area (Å²) in [7, 11) is 0. The fraction of sp³-hybridized carbons (Fsp3) is 0.667. The Kier molecular flexibility index (Phi) is 4.81. The molecule has 0 bridgehead atoms. The fourth-order valence-electron chi connectivity index (χ4n) is 0.361. The molecule has 0 spiro atoms. The van der Waals surface area contributed by atoms with Crippen LogP contribution in [0.3, 0.4) is 0 Å². The summed E-state index contributed by atoms with van der Waals surface area (Å²) in [4.78, 5) is 0. The topological polar surface area (TPSA) is 12.0 Å². The molecule has 60 valence electrons. The van der Waals surface area contributed by atoms with Gasteiger partial charge in [0.1, 0.15) is 0 Å². The molecule has 1 atom stereocenters. The molecule has 0 aromatic rings. The highest BCUT2D eigenvalue weighted by Crippen LogP contribution is 2.02. The van der Waals surface area contributed by atoms with Crippen LogP contribution in [-0.4, -0.2) is 19.0 Å². The predicted molar refractivity (Wildman–Crippen MR) is 41.5 cm³/mol. The first-order valence-corrected chi connectivity index (χ1v) is 3.68. The van der Waals surface area contributed by atoms with Crippen molar-refractivity contribution < 1.29 is 8.78 Å². The van der Waals surface area contributed by atoms with Crippen molar-refractivity contribution in [2.45, 2.75) is 19.4 Å². The van der Waals surface area contributed by atoms with Crippen LogP contribution in [0.15, 0.2) is 11.1 Å².